The molecule has 6 aromatic heterocycles. The summed E-state index contributed by atoms with van der Waals surface area (Å²) in [5.74, 6) is -5.53. The molecule has 14 nitrogen and oxygen atoms in total. The zero-order valence-electron chi connectivity index (χ0n) is 32.5. The van der Waals surface area contributed by atoms with Gasteiger partial charge in [-0.25, -0.2) is 8.78 Å². The van der Waals surface area contributed by atoms with Crippen LogP contribution in [0.1, 0.15) is 42.0 Å². The van der Waals surface area contributed by atoms with Crippen molar-refractivity contribution in [3.05, 3.63) is 229 Å². The summed E-state index contributed by atoms with van der Waals surface area (Å²) in [6.07, 6.45) is 8.81. The van der Waals surface area contributed by atoms with Gasteiger partial charge in [0.25, 0.3) is 0 Å². The fourth-order valence-electron chi connectivity index (χ4n) is 4.32. The van der Waals surface area contributed by atoms with Crippen LogP contribution in [0.2, 0.25) is 0 Å². The zero-order chi connectivity index (χ0) is 45.0. The van der Waals surface area contributed by atoms with Crippen molar-refractivity contribution in [2.24, 2.45) is 0 Å². The molecule has 0 fully saturated rings. The van der Waals surface area contributed by atoms with Crippen LogP contribution in [0.5, 0.6) is 0 Å². The molecule has 2 aromatic carbocycles. The number of nitrogens with zero attached hydrogens (tertiary/aromatic N) is 6. The number of hydrogen-bond acceptors (Lipinski definition) is 14. The van der Waals surface area contributed by atoms with E-state index in [9.17, 15) is 48.4 Å². The van der Waals surface area contributed by atoms with Crippen LogP contribution in [-0.2, 0) is 20.1 Å². The summed E-state index contributed by atoms with van der Waals surface area (Å²) in [7, 11) is 0. The van der Waals surface area contributed by atoms with Crippen molar-refractivity contribution in [2.45, 2.75) is 0 Å². The molecule has 0 aliphatic rings. The third-order valence-electron chi connectivity index (χ3n) is 7.11. The van der Waals surface area contributed by atoms with Crippen LogP contribution < -0.4 is 20.4 Å². The van der Waals surface area contributed by atoms with Gasteiger partial charge in [0, 0.05) is 68.4 Å². The third-order valence-corrected chi connectivity index (χ3v) is 7.11. The van der Waals surface area contributed by atoms with Crippen molar-refractivity contribution in [3.63, 3.8) is 0 Å². The Morgan fingerprint density at radius 1 is 0.317 bits per heavy atom. The summed E-state index contributed by atoms with van der Waals surface area (Å²) in [4.78, 5) is 62.1. The van der Waals surface area contributed by atoms with E-state index in [1.165, 1.54) is 61.2 Å². The van der Waals surface area contributed by atoms with E-state index in [-0.39, 0.29) is 54.5 Å². The minimum atomic E-state index is -1.24. The van der Waals surface area contributed by atoms with Crippen molar-refractivity contribution in [1.29, 1.82) is 0 Å². The summed E-state index contributed by atoms with van der Waals surface area (Å²) >= 11 is 0. The molecular weight excluding hydrogens is 995 g/mol. The van der Waals surface area contributed by atoms with Gasteiger partial charge in [0.2, 0.25) is 0 Å². The smallest absolute Gasteiger partial charge is 0.149 e. The molecule has 8 aromatic rings. The van der Waals surface area contributed by atoms with Crippen molar-refractivity contribution in [3.8, 4) is 22.5 Å². The fourth-order valence-corrected chi connectivity index (χ4v) is 4.32. The van der Waals surface area contributed by atoms with Crippen LogP contribution in [0.15, 0.2) is 195 Å². The maximum atomic E-state index is 13.2. The number of rotatable bonds is 6. The number of halogens is 2. The fraction of sp³-hybridized carbons (Fsp3) is 0. The Kier molecular flexibility index (Phi) is 23.4. The second kappa shape index (κ2) is 29.0. The molecule has 321 valence electrons. The molecule has 1 radical (unpaired) electrons. The molecule has 17 heteroatoms. The third kappa shape index (κ3) is 19.6. The van der Waals surface area contributed by atoms with E-state index >= 15 is 0 Å². The molecule has 0 unspecified atom stereocenters. The summed E-state index contributed by atoms with van der Waals surface area (Å²) in [6.45, 7) is 0. The summed E-state index contributed by atoms with van der Waals surface area (Å²) in [5.41, 5.74) is 2.30. The van der Waals surface area contributed by atoms with Gasteiger partial charge in [-0.3, -0.25) is 29.9 Å². The van der Waals surface area contributed by atoms with Gasteiger partial charge < -0.3 is 39.6 Å². The van der Waals surface area contributed by atoms with E-state index in [2.05, 4.69) is 29.9 Å². The average Bonchev–Trinajstić information content (AvgIpc) is 3.32. The first-order valence-corrected chi connectivity index (χ1v) is 17.8. The number of carbonyl (C=O) groups is 4. The molecular formula is C46H32F2IrN6O8-4. The quantitative estimate of drug-likeness (QED) is 0.232. The van der Waals surface area contributed by atoms with E-state index in [0.717, 1.165) is 11.1 Å². The van der Waals surface area contributed by atoms with Crippen molar-refractivity contribution < 1.29 is 68.5 Å². The monoisotopic (exact) mass is 1030 g/mol. The minimum absolute atomic E-state index is 0. The van der Waals surface area contributed by atoms with Gasteiger partial charge in [0.15, 0.2) is 0 Å². The number of benzene rings is 2. The summed E-state index contributed by atoms with van der Waals surface area (Å²) < 4.78 is 26.4. The van der Waals surface area contributed by atoms with E-state index < -0.39 is 23.9 Å². The Labute approximate surface area is 372 Å². The second-order valence-electron chi connectivity index (χ2n) is 11.4. The molecule has 0 N–H and O–H groups in total. The van der Waals surface area contributed by atoms with E-state index in [0.29, 0.717) is 11.4 Å². The molecule has 0 aliphatic heterocycles. The summed E-state index contributed by atoms with van der Waals surface area (Å²) in [5, 5.41) is 40.1. The van der Waals surface area contributed by atoms with Gasteiger partial charge in [0.05, 0.1) is 46.7 Å². The normalized spacial score (nSPS) is 9.17. The van der Waals surface area contributed by atoms with Crippen LogP contribution in [0, 0.1) is 11.6 Å². The van der Waals surface area contributed by atoms with Gasteiger partial charge in [0.1, 0.15) is 23.0 Å². The maximum Gasteiger partial charge on any atom is 0.149 e. The first kappa shape index (κ1) is 50.9. The predicted octanol–water partition coefficient (Wildman–Crippen LogP) is 3.55. The molecule has 0 saturated heterocycles. The van der Waals surface area contributed by atoms with E-state index in [1.807, 2.05) is 60.7 Å². The molecule has 0 atom stereocenters. The Morgan fingerprint density at radius 3 is 0.746 bits per heavy atom. The predicted molar refractivity (Wildman–Crippen MR) is 214 cm³/mol. The van der Waals surface area contributed by atoms with Gasteiger partial charge >= 0.3 is 0 Å². The van der Waals surface area contributed by atoms with Crippen LogP contribution in [0.3, 0.4) is 0 Å². The SMILES string of the molecule is Fc1cccnc1-c1ccccc1.Fc1cccnc1-c1ccccc1.O=C([O-])c1ccccn1.O=C([O-])c1ccccn1.O=C([O-])c1ccccn1.O=C([O-])c1ccccn1.[Ir]. The Bertz CT molecular complexity index is 2280. The van der Waals surface area contributed by atoms with Gasteiger partial charge in [-0.1, -0.05) is 84.9 Å². The topological polar surface area (TPSA) is 238 Å². The van der Waals surface area contributed by atoms with Crippen LogP contribution in [0.4, 0.5) is 8.78 Å². The molecule has 0 aliphatic carbocycles. The molecule has 0 amide bonds. The second-order valence-corrected chi connectivity index (χ2v) is 11.4. The first-order chi connectivity index (χ1) is 30.0. The van der Waals surface area contributed by atoms with E-state index in [4.69, 9.17) is 0 Å². The number of carbonyl (C=O) groups excluding carboxylic acids is 4. The number of carboxylic acid groups (broad SMARTS) is 4. The largest absolute Gasteiger partial charge is 0.543 e. The Balaban J connectivity index is 0.000000262. The van der Waals surface area contributed by atoms with E-state index in [1.54, 1.807) is 73.1 Å². The van der Waals surface area contributed by atoms with Gasteiger partial charge in [-0.15, -0.1) is 0 Å². The molecule has 6 heterocycles. The number of carboxylic acids is 4. The van der Waals surface area contributed by atoms with Crippen LogP contribution >= 0.6 is 0 Å². The minimum Gasteiger partial charge on any atom is -0.543 e. The number of pyridine rings is 6. The van der Waals surface area contributed by atoms with Crippen LogP contribution in [-0.4, -0.2) is 53.8 Å². The number of hydrogen-bond donors (Lipinski definition) is 0. The Morgan fingerprint density at radius 2 is 0.556 bits per heavy atom. The number of aromatic carboxylic acids is 4. The Hall–Kier alpha value is -8.27. The molecule has 0 saturated carbocycles. The maximum absolute atomic E-state index is 13.2. The van der Waals surface area contributed by atoms with Crippen molar-refractivity contribution in [2.75, 3.05) is 0 Å². The standard InChI is InChI=1S/2C11H8FN.4C6H5NO2.Ir/c2*12-10-7-4-8-13-11(10)9-5-2-1-3-6-9;4*8-6(9)5-3-1-2-4-7-5;/h2*1-8H;4*1-4H,(H,8,9);/p-4. The van der Waals surface area contributed by atoms with Gasteiger partial charge in [-0.05, 0) is 72.8 Å². The van der Waals surface area contributed by atoms with Crippen LogP contribution in [0.25, 0.3) is 22.5 Å². The van der Waals surface area contributed by atoms with Crippen molar-refractivity contribution in [1.82, 2.24) is 29.9 Å². The molecule has 63 heavy (non-hydrogen) atoms. The zero-order valence-corrected chi connectivity index (χ0v) is 34.9. The first-order valence-electron chi connectivity index (χ1n) is 17.8. The number of aromatic nitrogens is 6. The molecule has 8 rings (SSSR count). The van der Waals surface area contributed by atoms with Gasteiger partial charge in [-0.2, -0.15) is 0 Å². The molecule has 0 spiro atoms. The summed E-state index contributed by atoms with van der Waals surface area (Å²) in [6, 6.07) is 43.1. The molecule has 0 bridgehead atoms. The van der Waals surface area contributed by atoms with Crippen molar-refractivity contribution >= 4 is 23.9 Å². The average molecular weight is 1030 g/mol.